The summed E-state index contributed by atoms with van der Waals surface area (Å²) in [6.07, 6.45) is 0. The van der Waals surface area contributed by atoms with E-state index in [-0.39, 0.29) is 4.71 Å². The van der Waals surface area contributed by atoms with Crippen molar-refractivity contribution in [2.24, 2.45) is 0 Å². The summed E-state index contributed by atoms with van der Waals surface area (Å²) in [5, 5.41) is 0.938. The first-order valence-electron chi connectivity index (χ1n) is 3.63. The Labute approximate surface area is 81.0 Å². The van der Waals surface area contributed by atoms with E-state index in [1.807, 2.05) is 24.6 Å². The van der Waals surface area contributed by atoms with Gasteiger partial charge in [0.1, 0.15) is 0 Å². The van der Waals surface area contributed by atoms with Crippen LogP contribution in [0.1, 0.15) is 11.4 Å². The normalized spacial score (nSPS) is 20.4. The SMILES string of the molecule is Cc1cc(C)[n+]2c(n1)SC(S)[N-]2. The highest BCUT2D eigenvalue weighted by Gasteiger charge is 2.20. The van der Waals surface area contributed by atoms with Crippen LogP contribution >= 0.6 is 24.4 Å². The lowest BCUT2D eigenvalue weighted by Gasteiger charge is -2.14. The van der Waals surface area contributed by atoms with Gasteiger partial charge in [-0.25, -0.2) is 0 Å². The molecule has 0 N–H and O–H groups in total. The summed E-state index contributed by atoms with van der Waals surface area (Å²) in [5.41, 5.74) is 6.42. The van der Waals surface area contributed by atoms with E-state index in [1.165, 1.54) is 0 Å². The van der Waals surface area contributed by atoms with Gasteiger partial charge in [-0.15, -0.1) is 0 Å². The van der Waals surface area contributed by atoms with Gasteiger partial charge in [0, 0.05) is 17.7 Å². The highest BCUT2D eigenvalue weighted by atomic mass is 32.2. The molecule has 1 aromatic heterocycles. The van der Waals surface area contributed by atoms with Gasteiger partial charge in [-0.05, 0) is 23.7 Å². The van der Waals surface area contributed by atoms with Crippen molar-refractivity contribution in [1.82, 2.24) is 4.98 Å². The van der Waals surface area contributed by atoms with E-state index in [4.69, 9.17) is 0 Å². The van der Waals surface area contributed by atoms with Crippen LogP contribution < -0.4 is 4.68 Å². The molecule has 0 amide bonds. The second-order valence-corrected chi connectivity index (χ2v) is 4.58. The van der Waals surface area contributed by atoms with Gasteiger partial charge < -0.3 is 5.43 Å². The smallest absolute Gasteiger partial charge is 0.350 e. The molecule has 1 aliphatic heterocycles. The predicted octanol–water partition coefficient (Wildman–Crippen LogP) is 1.44. The predicted molar refractivity (Wildman–Crippen MR) is 51.3 cm³/mol. The monoisotopic (exact) mass is 199 g/mol. The second kappa shape index (κ2) is 2.81. The Hall–Kier alpha value is -0.420. The highest BCUT2D eigenvalue weighted by Crippen LogP contribution is 2.30. The molecule has 0 radical (unpaired) electrons. The molecule has 5 heteroatoms. The Kier molecular flexibility index (Phi) is 1.92. The van der Waals surface area contributed by atoms with E-state index >= 15 is 0 Å². The van der Waals surface area contributed by atoms with Crippen molar-refractivity contribution in [2.75, 3.05) is 0 Å². The molecule has 0 bridgehead atoms. The summed E-state index contributed by atoms with van der Waals surface area (Å²) < 4.78 is 1.84. The maximum atomic E-state index is 4.35. The van der Waals surface area contributed by atoms with Crippen LogP contribution in [0.25, 0.3) is 5.43 Å². The Morgan fingerprint density at radius 2 is 2.42 bits per heavy atom. The van der Waals surface area contributed by atoms with Crippen molar-refractivity contribution in [1.29, 1.82) is 0 Å². The van der Waals surface area contributed by atoms with Crippen LogP contribution in [0.4, 0.5) is 0 Å². The summed E-state index contributed by atoms with van der Waals surface area (Å²) in [6, 6.07) is 2.01. The number of hydrogen-bond acceptors (Lipinski definition) is 3. The fourth-order valence-corrected chi connectivity index (χ4v) is 2.38. The van der Waals surface area contributed by atoms with E-state index in [0.29, 0.717) is 0 Å². The molecule has 0 aliphatic carbocycles. The molecule has 64 valence electrons. The number of thiol groups is 1. The van der Waals surface area contributed by atoms with Crippen molar-refractivity contribution in [3.8, 4) is 0 Å². The highest BCUT2D eigenvalue weighted by molar-refractivity contribution is 8.10. The molecule has 2 rings (SSSR count). The van der Waals surface area contributed by atoms with Gasteiger partial charge in [0.2, 0.25) is 0 Å². The molecule has 0 fully saturated rings. The fraction of sp³-hybridized carbons (Fsp3) is 0.429. The van der Waals surface area contributed by atoms with Gasteiger partial charge in [-0.1, -0.05) is 0 Å². The van der Waals surface area contributed by atoms with Crippen molar-refractivity contribution < 1.29 is 4.68 Å². The number of rotatable bonds is 0. The van der Waals surface area contributed by atoms with Gasteiger partial charge in [0.05, 0.1) is 5.69 Å². The number of thioether (sulfide) groups is 1. The third kappa shape index (κ3) is 1.27. The minimum Gasteiger partial charge on any atom is -0.500 e. The number of aryl methyl sites for hydroxylation is 2. The zero-order valence-corrected chi connectivity index (χ0v) is 8.56. The van der Waals surface area contributed by atoms with Crippen molar-refractivity contribution in [2.45, 2.75) is 23.7 Å². The van der Waals surface area contributed by atoms with Crippen LogP contribution in [-0.4, -0.2) is 9.69 Å². The molecular formula is C7H9N3S2. The van der Waals surface area contributed by atoms with E-state index in [0.717, 1.165) is 16.5 Å². The van der Waals surface area contributed by atoms with Crippen LogP contribution in [0, 0.1) is 13.8 Å². The zero-order valence-electron chi connectivity index (χ0n) is 6.85. The Bertz CT molecular complexity index is 327. The summed E-state index contributed by atoms with van der Waals surface area (Å²) in [7, 11) is 0. The van der Waals surface area contributed by atoms with E-state index in [9.17, 15) is 0 Å². The van der Waals surface area contributed by atoms with Crippen molar-refractivity contribution in [3.05, 3.63) is 22.9 Å². The van der Waals surface area contributed by atoms with Crippen LogP contribution in [0.5, 0.6) is 0 Å². The summed E-state index contributed by atoms with van der Waals surface area (Å²) >= 11 is 5.82. The molecular weight excluding hydrogens is 190 g/mol. The van der Waals surface area contributed by atoms with E-state index < -0.39 is 0 Å². The van der Waals surface area contributed by atoms with Gasteiger partial charge in [-0.2, -0.15) is 12.6 Å². The molecule has 0 saturated carbocycles. The van der Waals surface area contributed by atoms with Crippen LogP contribution in [0.15, 0.2) is 11.2 Å². The van der Waals surface area contributed by atoms with Gasteiger partial charge >= 0.3 is 5.16 Å². The Morgan fingerprint density at radius 1 is 1.67 bits per heavy atom. The lowest BCUT2D eigenvalue weighted by Crippen LogP contribution is -2.33. The maximum Gasteiger partial charge on any atom is 0.350 e. The standard InChI is InChI=1S/C7H9N3S2/c1-4-3-5(2)10-6(8-4)12-7(11)9-10/h3,7,11H,1-2H3. The van der Waals surface area contributed by atoms with Gasteiger partial charge in [0.15, 0.2) is 5.69 Å². The minimum atomic E-state index is -0.00185. The second-order valence-electron chi connectivity index (χ2n) is 2.69. The Balaban J connectivity index is 2.52. The third-order valence-electron chi connectivity index (χ3n) is 1.63. The number of aromatic nitrogens is 2. The van der Waals surface area contributed by atoms with Gasteiger partial charge in [-0.3, -0.25) is 4.68 Å². The lowest BCUT2D eigenvalue weighted by atomic mass is 10.4. The van der Waals surface area contributed by atoms with Gasteiger partial charge in [0.25, 0.3) is 0 Å². The van der Waals surface area contributed by atoms with E-state index in [2.05, 4.69) is 23.0 Å². The lowest BCUT2D eigenvalue weighted by molar-refractivity contribution is -0.670. The first-order chi connectivity index (χ1) is 5.66. The average Bonchev–Trinajstić information content (AvgIpc) is 2.29. The summed E-state index contributed by atoms with van der Waals surface area (Å²) in [5.74, 6) is 0. The maximum absolute atomic E-state index is 4.35. The van der Waals surface area contributed by atoms with Crippen LogP contribution in [-0.2, 0) is 0 Å². The molecule has 1 atom stereocenters. The van der Waals surface area contributed by atoms with Crippen LogP contribution in [0.3, 0.4) is 0 Å². The minimum absolute atomic E-state index is 0.00185. The average molecular weight is 199 g/mol. The summed E-state index contributed by atoms with van der Waals surface area (Å²) in [6.45, 7) is 4.01. The molecule has 0 saturated heterocycles. The molecule has 3 nitrogen and oxygen atoms in total. The molecule has 0 spiro atoms. The molecule has 0 aromatic carbocycles. The number of nitrogens with zero attached hydrogens (tertiary/aromatic N) is 3. The fourth-order valence-electron chi connectivity index (χ4n) is 1.18. The Morgan fingerprint density at radius 3 is 3.17 bits per heavy atom. The molecule has 1 aromatic rings. The summed E-state index contributed by atoms with van der Waals surface area (Å²) in [4.78, 5) is 4.35. The van der Waals surface area contributed by atoms with Crippen molar-refractivity contribution >= 4 is 24.4 Å². The first-order valence-corrected chi connectivity index (χ1v) is 5.02. The van der Waals surface area contributed by atoms with Crippen molar-refractivity contribution in [3.63, 3.8) is 0 Å². The molecule has 12 heavy (non-hydrogen) atoms. The number of fused-ring (bicyclic) bond motifs is 1. The zero-order chi connectivity index (χ0) is 8.72. The van der Waals surface area contributed by atoms with Crippen LogP contribution in [0.2, 0.25) is 0 Å². The molecule has 2 heterocycles. The third-order valence-corrected chi connectivity index (χ3v) is 2.83. The largest absolute Gasteiger partial charge is 0.500 e. The molecule has 1 aliphatic rings. The number of hydrogen-bond donors (Lipinski definition) is 1. The molecule has 1 unspecified atom stereocenters. The quantitative estimate of drug-likeness (QED) is 0.389. The topological polar surface area (TPSA) is 30.9 Å². The van der Waals surface area contributed by atoms with E-state index in [1.54, 1.807) is 11.8 Å². The first kappa shape index (κ1) is 8.19.